The van der Waals surface area contributed by atoms with Gasteiger partial charge >= 0.3 is 17.6 Å². The molecule has 7 atom stereocenters. The van der Waals surface area contributed by atoms with Gasteiger partial charge in [0.25, 0.3) is 0 Å². The molecule has 10 nitrogen and oxygen atoms in total. The normalized spacial score (nSPS) is 24.6. The first kappa shape index (κ1) is 49.3. The second-order valence-corrected chi connectivity index (χ2v) is 20.9. The zero-order valence-corrected chi connectivity index (χ0v) is 41.8. The van der Waals surface area contributed by atoms with Crippen LogP contribution >= 0.6 is 0 Å². The molecule has 2 N–H and O–H groups in total. The van der Waals surface area contributed by atoms with Crippen molar-refractivity contribution in [2.24, 2.45) is 11.8 Å². The molecule has 0 saturated heterocycles. The van der Waals surface area contributed by atoms with Gasteiger partial charge in [0, 0.05) is 66.8 Å². The van der Waals surface area contributed by atoms with Crippen molar-refractivity contribution < 1.29 is 43.2 Å². The monoisotopic (exact) mass is 970 g/mol. The Labute approximate surface area is 422 Å². The van der Waals surface area contributed by atoms with Crippen LogP contribution in [0, 0.1) is 23.7 Å². The smallest absolute Gasteiger partial charge is 0.340 e. The van der Waals surface area contributed by atoms with E-state index in [1.807, 2.05) is 19.9 Å². The molecule has 72 heavy (non-hydrogen) atoms. The van der Waals surface area contributed by atoms with Crippen molar-refractivity contribution >= 4 is 22.9 Å². The molecule has 5 bridgehead atoms. The van der Waals surface area contributed by atoms with Crippen LogP contribution in [0.2, 0.25) is 0 Å². The number of methoxy groups -OCH3 is 1. The molecule has 0 spiro atoms. The Morgan fingerprint density at radius 1 is 0.875 bits per heavy atom. The Balaban J connectivity index is 1.17. The number of ether oxygens (including phenoxy) is 4. The lowest BCUT2D eigenvalue weighted by atomic mass is 9.68. The minimum atomic E-state index is -1.29. The molecule has 0 radical (unpaired) electrons. The predicted octanol–water partition coefficient (Wildman–Crippen LogP) is 11.0. The number of fused-ring (bicyclic) bond motifs is 9. The maximum absolute atomic E-state index is 15.4. The number of benzene rings is 4. The summed E-state index contributed by atoms with van der Waals surface area (Å²) < 4.78 is 33.2. The largest absolute Gasteiger partial charge is 0.481 e. The molecule has 0 amide bonds. The molecular formula is C62H66O10. The molecule has 1 saturated carbocycles. The third-order valence-electron chi connectivity index (χ3n) is 16.3. The number of aryl methyl sites for hydroxylation is 1. The van der Waals surface area contributed by atoms with Gasteiger partial charge in [-0.15, -0.1) is 0 Å². The lowest BCUT2D eigenvalue weighted by molar-refractivity contribution is -0.204. The highest BCUT2D eigenvalue weighted by molar-refractivity contribution is 5.90. The van der Waals surface area contributed by atoms with Crippen LogP contribution < -0.4 is 10.4 Å². The fourth-order valence-corrected chi connectivity index (χ4v) is 12.7. The molecule has 374 valence electrons. The van der Waals surface area contributed by atoms with Gasteiger partial charge in [0.15, 0.2) is 17.8 Å². The second-order valence-electron chi connectivity index (χ2n) is 20.9. The highest BCUT2D eigenvalue weighted by Gasteiger charge is 2.59. The Kier molecular flexibility index (Phi) is 14.7. The number of aliphatic hydroxyl groups is 2. The molecule has 4 heterocycles. The number of rotatable bonds is 10. The molecule has 10 heteroatoms. The van der Waals surface area contributed by atoms with Gasteiger partial charge in [0.05, 0.1) is 25.2 Å². The standard InChI is InChI=1S/C62H66O10/c1-38(2)48-23-20-40-21-24-49-44(32-40)16-10-11-29-62(47-18-8-5-9-19-47)59(71-60(48)66)58(56-53(72-62)27-26-51-52(36-64)55(61(67)70-57(51)56)45(28-30-63)37-68-3)69-54(65)35-46-34-43(22-25-50(46)49)42-17-12-15-41(33-42)31-39-13-6-4-7-14-39/h4,6-7,12-15,17,21-22,24-27,32-33,43,45-47,50,58-59,63-64H,5,8-9,16,18-20,23,28-31,34-37H2,1-3H3. The van der Waals surface area contributed by atoms with Gasteiger partial charge in [-0.1, -0.05) is 122 Å². The lowest BCUT2D eigenvalue weighted by Crippen LogP contribution is -2.60. The van der Waals surface area contributed by atoms with E-state index in [1.54, 1.807) is 12.1 Å². The van der Waals surface area contributed by atoms with Gasteiger partial charge in [-0.25, -0.2) is 9.59 Å². The maximum atomic E-state index is 15.4. The van der Waals surface area contributed by atoms with Gasteiger partial charge in [-0.05, 0) is 116 Å². The first-order valence-electron chi connectivity index (χ1n) is 26.1. The number of allylic oxidation sites excluding steroid dienone is 3. The highest BCUT2D eigenvalue weighted by atomic mass is 16.6. The first-order valence-corrected chi connectivity index (χ1v) is 26.1. The summed E-state index contributed by atoms with van der Waals surface area (Å²) in [6, 6.07) is 29.4. The molecule has 1 aromatic heterocycles. The van der Waals surface area contributed by atoms with Crippen LogP contribution in [0.5, 0.6) is 5.75 Å². The van der Waals surface area contributed by atoms with Crippen LogP contribution in [0.3, 0.4) is 0 Å². The molecular weight excluding hydrogens is 905 g/mol. The molecule has 1 fully saturated rings. The minimum Gasteiger partial charge on any atom is -0.481 e. The zero-order chi connectivity index (χ0) is 49.9. The number of esters is 2. The van der Waals surface area contributed by atoms with Crippen LogP contribution in [-0.2, 0) is 49.7 Å². The van der Waals surface area contributed by atoms with Gasteiger partial charge in [0.1, 0.15) is 11.3 Å². The Hall–Kier alpha value is -6.25. The van der Waals surface area contributed by atoms with E-state index < -0.39 is 47.9 Å². The Morgan fingerprint density at radius 2 is 1.69 bits per heavy atom. The minimum absolute atomic E-state index is 0.0257. The van der Waals surface area contributed by atoms with Crippen LogP contribution in [-0.4, -0.2) is 54.2 Å². The van der Waals surface area contributed by atoms with Crippen LogP contribution in [0.1, 0.15) is 152 Å². The van der Waals surface area contributed by atoms with E-state index in [-0.39, 0.29) is 72.9 Å². The van der Waals surface area contributed by atoms with Crippen molar-refractivity contribution in [1.82, 2.24) is 0 Å². The Morgan fingerprint density at radius 3 is 2.47 bits per heavy atom. The molecule has 7 unspecified atom stereocenters. The van der Waals surface area contributed by atoms with E-state index in [9.17, 15) is 15.0 Å². The van der Waals surface area contributed by atoms with E-state index in [4.69, 9.17) is 23.4 Å². The van der Waals surface area contributed by atoms with Crippen molar-refractivity contribution in [2.45, 2.75) is 139 Å². The summed E-state index contributed by atoms with van der Waals surface area (Å²) >= 11 is 0. The summed E-state index contributed by atoms with van der Waals surface area (Å²) in [5.74, 6) is 5.46. The second kappa shape index (κ2) is 21.5. The summed E-state index contributed by atoms with van der Waals surface area (Å²) in [4.78, 5) is 45.0. The fraction of sp³-hybridized carbons (Fsp3) is 0.435. The Bertz CT molecular complexity index is 3010. The predicted molar refractivity (Wildman–Crippen MR) is 276 cm³/mol. The number of hydrogen-bond acceptors (Lipinski definition) is 10. The van der Waals surface area contributed by atoms with Gasteiger partial charge in [-0.3, -0.25) is 4.79 Å². The van der Waals surface area contributed by atoms with E-state index >= 15 is 9.59 Å². The SMILES string of the molecule is COCC(CCO)c1c(CO)c2ccc3c(c2oc1=O)C1OC(=O)CC2CC(c4cccc(Cc5ccccc5)c4)C=CC2c2ccc4cc2CC#CCC(C2CCCCC2)(O3)C1OC(=O)C(=C(C)C)CC4. The third kappa shape index (κ3) is 9.71. The van der Waals surface area contributed by atoms with Crippen molar-refractivity contribution in [3.05, 3.63) is 169 Å². The highest BCUT2D eigenvalue weighted by Crippen LogP contribution is 2.54. The van der Waals surface area contributed by atoms with Crippen molar-refractivity contribution in [3.8, 4) is 17.6 Å². The topological polar surface area (TPSA) is 142 Å². The molecule has 10 rings (SSSR count). The van der Waals surface area contributed by atoms with Crippen molar-refractivity contribution in [3.63, 3.8) is 0 Å². The van der Waals surface area contributed by atoms with E-state index in [1.165, 1.54) is 23.8 Å². The average molecular weight is 971 g/mol. The van der Waals surface area contributed by atoms with Gasteiger partial charge in [0.2, 0.25) is 0 Å². The lowest BCUT2D eigenvalue weighted by Gasteiger charge is -2.51. The molecule has 5 aromatic rings. The molecule has 3 aliphatic heterocycles. The summed E-state index contributed by atoms with van der Waals surface area (Å²) in [7, 11) is 1.52. The van der Waals surface area contributed by atoms with Crippen LogP contribution in [0.25, 0.3) is 11.0 Å². The van der Waals surface area contributed by atoms with E-state index in [2.05, 4.69) is 90.7 Å². The van der Waals surface area contributed by atoms with Gasteiger partial charge in [-0.2, -0.15) is 0 Å². The molecule has 2 aliphatic carbocycles. The maximum Gasteiger partial charge on any atom is 0.340 e. The van der Waals surface area contributed by atoms with E-state index in [0.717, 1.165) is 60.8 Å². The van der Waals surface area contributed by atoms with Crippen molar-refractivity contribution in [2.75, 3.05) is 20.3 Å². The van der Waals surface area contributed by atoms with Gasteiger partial charge < -0.3 is 33.6 Å². The van der Waals surface area contributed by atoms with Crippen LogP contribution in [0.4, 0.5) is 0 Å². The third-order valence-corrected chi connectivity index (χ3v) is 16.3. The first-order chi connectivity index (χ1) is 35.1. The summed E-state index contributed by atoms with van der Waals surface area (Å²) in [6.45, 7) is 3.21. The van der Waals surface area contributed by atoms with Crippen LogP contribution in [0.15, 0.2) is 117 Å². The summed E-state index contributed by atoms with van der Waals surface area (Å²) in [5.41, 5.74) is 7.17. The summed E-state index contributed by atoms with van der Waals surface area (Å²) in [6.07, 6.45) is 9.99. The zero-order valence-electron chi connectivity index (χ0n) is 41.8. The average Bonchev–Trinajstić information content (AvgIpc) is 3.38. The quantitative estimate of drug-likeness (QED) is 0.0457. The molecule has 5 aliphatic rings. The molecule has 4 aromatic carbocycles. The van der Waals surface area contributed by atoms with Crippen molar-refractivity contribution in [1.29, 1.82) is 0 Å². The number of carbonyl (C=O) groups excluding carboxylic acids is 2. The summed E-state index contributed by atoms with van der Waals surface area (Å²) in [5, 5.41) is 21.6. The number of aliphatic hydroxyl groups excluding tert-OH is 2. The number of hydrogen-bond donors (Lipinski definition) is 2. The van der Waals surface area contributed by atoms with E-state index in [0.29, 0.717) is 48.0 Å². The fourth-order valence-electron chi connectivity index (χ4n) is 12.7. The number of carbonyl (C=O) groups is 2.